The average molecular weight is 482 g/mol. The average Bonchev–Trinajstić information content (AvgIpc) is 3.49. The van der Waals surface area contributed by atoms with E-state index in [-0.39, 0.29) is 29.6 Å². The molecule has 1 aromatic carbocycles. The van der Waals surface area contributed by atoms with Crippen molar-refractivity contribution in [1.82, 2.24) is 23.8 Å². The lowest BCUT2D eigenvalue weighted by Gasteiger charge is -2.34. The van der Waals surface area contributed by atoms with Gasteiger partial charge in [0.15, 0.2) is 0 Å². The van der Waals surface area contributed by atoms with Crippen LogP contribution in [0.3, 0.4) is 0 Å². The Balaban J connectivity index is 1.29. The molecule has 2 aliphatic rings. The molecule has 3 aromatic rings. The maximum atomic E-state index is 13.2. The topological polar surface area (TPSA) is 122 Å². The van der Waals surface area contributed by atoms with E-state index in [1.165, 1.54) is 28.6 Å². The highest BCUT2D eigenvalue weighted by Gasteiger charge is 2.32. The first-order valence-electron chi connectivity index (χ1n) is 10.9. The molecule has 4 heterocycles. The number of carbonyl (C=O) groups excluding carboxylic acids is 2. The number of nitrogens with zero attached hydrogens (tertiary/aromatic N) is 7. The summed E-state index contributed by atoms with van der Waals surface area (Å²) >= 11 is 0. The highest BCUT2D eigenvalue weighted by molar-refractivity contribution is 7.89. The Bertz CT molecular complexity index is 1320. The van der Waals surface area contributed by atoms with E-state index in [2.05, 4.69) is 15.0 Å². The van der Waals surface area contributed by atoms with Gasteiger partial charge in [0.05, 0.1) is 10.6 Å². The minimum Gasteiger partial charge on any atom is -0.354 e. The number of imide groups is 1. The van der Waals surface area contributed by atoms with E-state index in [4.69, 9.17) is 0 Å². The Labute approximate surface area is 196 Å². The molecule has 2 amide bonds. The number of hydrogen-bond donors (Lipinski definition) is 0. The van der Waals surface area contributed by atoms with Crippen molar-refractivity contribution in [2.24, 2.45) is 0 Å². The van der Waals surface area contributed by atoms with Crippen LogP contribution < -0.4 is 9.80 Å². The van der Waals surface area contributed by atoms with E-state index in [1.54, 1.807) is 23.3 Å². The molecule has 0 spiro atoms. The van der Waals surface area contributed by atoms with Crippen molar-refractivity contribution in [2.75, 3.05) is 36.0 Å². The first kappa shape index (κ1) is 22.2. The Morgan fingerprint density at radius 1 is 0.882 bits per heavy atom. The van der Waals surface area contributed by atoms with Gasteiger partial charge in [-0.2, -0.15) is 4.31 Å². The first-order valence-corrected chi connectivity index (χ1v) is 12.3. The molecule has 0 atom stereocenters. The lowest BCUT2D eigenvalue weighted by Crippen LogP contribution is -2.49. The maximum absolute atomic E-state index is 13.2. The van der Waals surface area contributed by atoms with Crippen LogP contribution in [0.2, 0.25) is 0 Å². The Morgan fingerprint density at radius 2 is 1.53 bits per heavy atom. The Kier molecular flexibility index (Phi) is 5.62. The lowest BCUT2D eigenvalue weighted by molar-refractivity contribution is -0.121. The van der Waals surface area contributed by atoms with Crippen LogP contribution in [0.25, 0.3) is 5.82 Å². The van der Waals surface area contributed by atoms with Crippen LogP contribution in [0.15, 0.2) is 53.9 Å². The number of benzene rings is 1. The zero-order valence-electron chi connectivity index (χ0n) is 18.5. The van der Waals surface area contributed by atoms with Crippen LogP contribution in [0.4, 0.5) is 11.5 Å². The summed E-state index contributed by atoms with van der Waals surface area (Å²) in [5, 5.41) is 0. The monoisotopic (exact) mass is 481 g/mol. The van der Waals surface area contributed by atoms with Gasteiger partial charge >= 0.3 is 0 Å². The summed E-state index contributed by atoms with van der Waals surface area (Å²) in [5.74, 6) is 1.51. The van der Waals surface area contributed by atoms with Crippen molar-refractivity contribution in [3.05, 3.63) is 54.9 Å². The van der Waals surface area contributed by atoms with E-state index < -0.39 is 10.0 Å². The van der Waals surface area contributed by atoms with Gasteiger partial charge in [0.2, 0.25) is 21.8 Å². The number of rotatable bonds is 5. The molecule has 11 nitrogen and oxygen atoms in total. The van der Waals surface area contributed by atoms with E-state index in [0.29, 0.717) is 43.5 Å². The second-order valence-corrected chi connectivity index (χ2v) is 10.0. The molecule has 2 aromatic heterocycles. The van der Waals surface area contributed by atoms with Gasteiger partial charge in [0.25, 0.3) is 0 Å². The van der Waals surface area contributed by atoms with Crippen LogP contribution in [-0.2, 0) is 19.6 Å². The summed E-state index contributed by atoms with van der Waals surface area (Å²) in [6.07, 6.45) is 5.50. The molecule has 2 fully saturated rings. The SMILES string of the molecule is Cc1nc(N2CCN(S(=O)(=O)c3ccc(N4C(=O)CCC4=O)cc3)CC2)cc(-n2ccnc2)n1. The van der Waals surface area contributed by atoms with Gasteiger partial charge in [-0.1, -0.05) is 0 Å². The molecule has 0 N–H and O–H groups in total. The van der Waals surface area contributed by atoms with E-state index in [0.717, 1.165) is 10.7 Å². The quantitative estimate of drug-likeness (QED) is 0.497. The van der Waals surface area contributed by atoms with Crippen LogP contribution in [-0.4, -0.2) is 70.2 Å². The number of carbonyl (C=O) groups is 2. The molecule has 0 unspecified atom stereocenters. The van der Waals surface area contributed by atoms with E-state index in [1.807, 2.05) is 17.9 Å². The minimum absolute atomic E-state index is 0.129. The predicted octanol–water partition coefficient (Wildman–Crippen LogP) is 1.14. The molecule has 176 valence electrons. The van der Waals surface area contributed by atoms with Crippen molar-refractivity contribution in [1.29, 1.82) is 0 Å². The Hall–Kier alpha value is -3.64. The van der Waals surface area contributed by atoms with Gasteiger partial charge in [-0.15, -0.1) is 0 Å². The highest BCUT2D eigenvalue weighted by atomic mass is 32.2. The molecule has 0 aliphatic carbocycles. The number of anilines is 2. The summed E-state index contributed by atoms with van der Waals surface area (Å²) in [7, 11) is -3.71. The molecule has 5 rings (SSSR count). The number of sulfonamides is 1. The number of piperazine rings is 1. The lowest BCUT2D eigenvalue weighted by atomic mass is 10.3. The zero-order valence-corrected chi connectivity index (χ0v) is 19.3. The van der Waals surface area contributed by atoms with Crippen LogP contribution in [0.1, 0.15) is 18.7 Å². The summed E-state index contributed by atoms with van der Waals surface area (Å²) < 4.78 is 29.6. The third kappa shape index (κ3) is 4.05. The van der Waals surface area contributed by atoms with Gasteiger partial charge in [-0.05, 0) is 31.2 Å². The van der Waals surface area contributed by atoms with Crippen LogP contribution in [0, 0.1) is 6.92 Å². The number of amides is 2. The fourth-order valence-corrected chi connectivity index (χ4v) is 5.59. The minimum atomic E-state index is -3.71. The molecule has 2 aliphatic heterocycles. The second kappa shape index (κ2) is 8.61. The molecular weight excluding hydrogens is 458 g/mol. The third-order valence-corrected chi connectivity index (χ3v) is 7.84. The standard InChI is InChI=1S/C22H23N7O4S/c1-16-24-19(14-20(25-16)27-9-8-23-15-27)26-10-12-28(13-11-26)34(32,33)18-4-2-17(3-5-18)29-21(30)6-7-22(29)31/h2-5,8-9,14-15H,6-7,10-13H2,1H3. The Morgan fingerprint density at radius 3 is 2.15 bits per heavy atom. The van der Waals surface area contributed by atoms with E-state index >= 15 is 0 Å². The van der Waals surface area contributed by atoms with Crippen molar-refractivity contribution in [2.45, 2.75) is 24.7 Å². The number of aromatic nitrogens is 4. The van der Waals surface area contributed by atoms with Crippen molar-refractivity contribution >= 4 is 33.3 Å². The molecule has 0 radical (unpaired) electrons. The number of aryl methyl sites for hydroxylation is 1. The van der Waals surface area contributed by atoms with Gasteiger partial charge in [0, 0.05) is 57.5 Å². The van der Waals surface area contributed by atoms with Gasteiger partial charge in [-0.3, -0.25) is 19.1 Å². The maximum Gasteiger partial charge on any atom is 0.243 e. The summed E-state index contributed by atoms with van der Waals surface area (Å²) in [6, 6.07) is 7.76. The van der Waals surface area contributed by atoms with Crippen LogP contribution in [0.5, 0.6) is 0 Å². The van der Waals surface area contributed by atoms with Gasteiger partial charge in [0.1, 0.15) is 23.8 Å². The molecule has 0 bridgehead atoms. The molecule has 2 saturated heterocycles. The van der Waals surface area contributed by atoms with Gasteiger partial charge in [-0.25, -0.2) is 23.4 Å². The smallest absolute Gasteiger partial charge is 0.243 e. The fourth-order valence-electron chi connectivity index (χ4n) is 4.16. The first-order chi connectivity index (χ1) is 16.3. The second-order valence-electron chi connectivity index (χ2n) is 8.11. The van der Waals surface area contributed by atoms with Gasteiger partial charge < -0.3 is 4.90 Å². The predicted molar refractivity (Wildman–Crippen MR) is 123 cm³/mol. The van der Waals surface area contributed by atoms with Crippen LogP contribution >= 0.6 is 0 Å². The molecule has 34 heavy (non-hydrogen) atoms. The molecule has 12 heteroatoms. The van der Waals surface area contributed by atoms with Crippen molar-refractivity contribution in [3.8, 4) is 5.82 Å². The van der Waals surface area contributed by atoms with Crippen molar-refractivity contribution in [3.63, 3.8) is 0 Å². The third-order valence-electron chi connectivity index (χ3n) is 5.93. The van der Waals surface area contributed by atoms with Crippen molar-refractivity contribution < 1.29 is 18.0 Å². The normalized spacial score (nSPS) is 17.6. The molecule has 0 saturated carbocycles. The van der Waals surface area contributed by atoms with E-state index in [9.17, 15) is 18.0 Å². The fraction of sp³-hybridized carbons (Fsp3) is 0.318. The number of hydrogen-bond acceptors (Lipinski definition) is 8. The molecular formula is C22H23N7O4S. The highest BCUT2D eigenvalue weighted by Crippen LogP contribution is 2.26. The number of imidazole rings is 1. The summed E-state index contributed by atoms with van der Waals surface area (Å²) in [5.41, 5.74) is 0.393. The largest absolute Gasteiger partial charge is 0.354 e. The summed E-state index contributed by atoms with van der Waals surface area (Å²) in [6.45, 7) is 3.38. The zero-order chi connectivity index (χ0) is 23.9. The summed E-state index contributed by atoms with van der Waals surface area (Å²) in [4.78, 5) is 40.2.